The molecule has 4 heterocycles. The molecule has 1 aromatic carbocycles. The molecule has 0 spiro atoms. The fourth-order valence-electron chi connectivity index (χ4n) is 5.95. The van der Waals surface area contributed by atoms with Crippen LogP contribution in [0.15, 0.2) is 52.8 Å². The van der Waals surface area contributed by atoms with E-state index in [1.54, 1.807) is 13.3 Å². The SMILES string of the molecule is COc1ccccc1-c1ccc2n(c1=O)C[C@@H]1[C@@H](CO)[C@H](C(=O)Nc3nccs3)N(CC3CC3)[C@H]21. The van der Waals surface area contributed by atoms with Gasteiger partial charge >= 0.3 is 0 Å². The number of nitrogens with one attached hydrogen (secondary N) is 1. The molecule has 2 aromatic heterocycles. The molecule has 1 aliphatic carbocycles. The Morgan fingerprint density at radius 3 is 2.77 bits per heavy atom. The Hall–Kier alpha value is -3.01. The standard InChI is InChI=1S/C26H28N4O4S/c1-34-21-5-3-2-4-16(21)17-8-9-20-22-18(13-29(20)25(17)33)19(14-31)23(30(22)12-15-6-7-15)24(32)28-26-27-10-11-35-26/h2-5,8-11,15,18-19,22-23,31H,6-7,12-14H2,1H3,(H,27,28,32)/t18-,19-,22+,23-/m1/s1. The van der Waals surface area contributed by atoms with Crippen LogP contribution in [0, 0.1) is 17.8 Å². The number of hydrogen-bond acceptors (Lipinski definition) is 7. The monoisotopic (exact) mass is 492 g/mol. The van der Waals surface area contributed by atoms with E-state index in [0.717, 1.165) is 30.6 Å². The van der Waals surface area contributed by atoms with Gasteiger partial charge in [0.2, 0.25) is 5.91 Å². The number of methoxy groups -OCH3 is 1. The number of carbonyl (C=O) groups is 1. The van der Waals surface area contributed by atoms with Crippen molar-refractivity contribution in [1.29, 1.82) is 0 Å². The molecule has 182 valence electrons. The zero-order valence-corrected chi connectivity index (χ0v) is 20.3. The average molecular weight is 493 g/mol. The Morgan fingerprint density at radius 2 is 2.06 bits per heavy atom. The van der Waals surface area contributed by atoms with Crippen molar-refractivity contribution in [1.82, 2.24) is 14.5 Å². The third kappa shape index (κ3) is 3.78. The molecule has 35 heavy (non-hydrogen) atoms. The number of thiazole rings is 1. The van der Waals surface area contributed by atoms with E-state index in [-0.39, 0.29) is 36.0 Å². The highest BCUT2D eigenvalue weighted by Gasteiger charge is 2.56. The molecule has 4 atom stereocenters. The lowest BCUT2D eigenvalue weighted by Crippen LogP contribution is -2.46. The first-order valence-electron chi connectivity index (χ1n) is 12.0. The van der Waals surface area contributed by atoms with Gasteiger partial charge < -0.3 is 19.7 Å². The molecular formula is C26H28N4O4S. The largest absolute Gasteiger partial charge is 0.496 e. The Kier molecular flexibility index (Phi) is 5.70. The molecule has 2 fully saturated rings. The summed E-state index contributed by atoms with van der Waals surface area (Å²) in [4.78, 5) is 33.5. The van der Waals surface area contributed by atoms with E-state index < -0.39 is 6.04 Å². The average Bonchev–Trinajstić information content (AvgIpc) is 3.26. The smallest absolute Gasteiger partial charge is 0.258 e. The second kappa shape index (κ2) is 8.89. The van der Waals surface area contributed by atoms with Crippen molar-refractivity contribution in [3.05, 3.63) is 64.0 Å². The number of benzene rings is 1. The zero-order valence-electron chi connectivity index (χ0n) is 19.5. The summed E-state index contributed by atoms with van der Waals surface area (Å²) in [6, 6.07) is 10.9. The summed E-state index contributed by atoms with van der Waals surface area (Å²) in [6.45, 7) is 1.16. The van der Waals surface area contributed by atoms with Crippen molar-refractivity contribution in [3.8, 4) is 16.9 Å². The van der Waals surface area contributed by atoms with Crippen molar-refractivity contribution < 1.29 is 14.6 Å². The molecule has 3 aromatic rings. The van der Waals surface area contributed by atoms with Gasteiger partial charge in [-0.3, -0.25) is 14.5 Å². The normalized spacial score (nSPS) is 25.3. The molecule has 8 nitrogen and oxygen atoms in total. The first kappa shape index (κ1) is 22.5. The molecule has 0 bridgehead atoms. The van der Waals surface area contributed by atoms with Crippen molar-refractivity contribution in [3.63, 3.8) is 0 Å². The Bertz CT molecular complexity index is 1300. The van der Waals surface area contributed by atoms with Crippen LogP contribution in [-0.2, 0) is 11.3 Å². The Morgan fingerprint density at radius 1 is 1.23 bits per heavy atom. The summed E-state index contributed by atoms with van der Waals surface area (Å²) >= 11 is 1.38. The van der Waals surface area contributed by atoms with E-state index >= 15 is 0 Å². The number of anilines is 1. The number of hydrogen-bond donors (Lipinski definition) is 2. The second-order valence-electron chi connectivity index (χ2n) is 9.65. The zero-order chi connectivity index (χ0) is 24.1. The molecule has 0 unspecified atom stereocenters. The quantitative estimate of drug-likeness (QED) is 0.526. The maximum Gasteiger partial charge on any atom is 0.258 e. The number of rotatable bonds is 7. The predicted molar refractivity (Wildman–Crippen MR) is 133 cm³/mol. The summed E-state index contributed by atoms with van der Waals surface area (Å²) in [5.74, 6) is 0.787. The van der Waals surface area contributed by atoms with Gasteiger partial charge in [0.05, 0.1) is 24.8 Å². The first-order valence-corrected chi connectivity index (χ1v) is 12.9. The van der Waals surface area contributed by atoms with E-state index in [1.807, 2.05) is 46.3 Å². The van der Waals surface area contributed by atoms with Crippen LogP contribution in [0.3, 0.4) is 0 Å². The lowest BCUT2D eigenvalue weighted by Gasteiger charge is -2.30. The molecule has 2 N–H and O–H groups in total. The molecule has 2 aliphatic heterocycles. The van der Waals surface area contributed by atoms with Gasteiger partial charge in [-0.1, -0.05) is 18.2 Å². The fraction of sp³-hybridized carbons (Fsp3) is 0.423. The highest BCUT2D eigenvalue weighted by molar-refractivity contribution is 7.13. The van der Waals surface area contributed by atoms with E-state index in [2.05, 4.69) is 15.2 Å². The van der Waals surface area contributed by atoms with Crippen molar-refractivity contribution in [2.45, 2.75) is 31.5 Å². The molecule has 3 aliphatic rings. The van der Waals surface area contributed by atoms with Gasteiger partial charge in [-0.05, 0) is 37.0 Å². The number of aliphatic hydroxyl groups excluding tert-OH is 1. The molecule has 0 radical (unpaired) electrons. The van der Waals surface area contributed by atoms with Gasteiger partial charge in [0, 0.05) is 54.4 Å². The number of ether oxygens (including phenoxy) is 1. The predicted octanol–water partition coefficient (Wildman–Crippen LogP) is 2.99. The minimum Gasteiger partial charge on any atom is -0.496 e. The van der Waals surface area contributed by atoms with Crippen LogP contribution < -0.4 is 15.6 Å². The highest BCUT2D eigenvalue weighted by atomic mass is 32.1. The molecule has 1 saturated heterocycles. The van der Waals surface area contributed by atoms with Gasteiger partial charge in [0.15, 0.2) is 5.13 Å². The number of para-hydroxylation sites is 1. The minimum atomic E-state index is -0.461. The van der Waals surface area contributed by atoms with Crippen LogP contribution in [0.1, 0.15) is 24.6 Å². The number of amides is 1. The molecule has 1 saturated carbocycles. The summed E-state index contributed by atoms with van der Waals surface area (Å²) in [5.41, 5.74) is 2.22. The van der Waals surface area contributed by atoms with Crippen molar-refractivity contribution in [2.75, 3.05) is 25.6 Å². The molecule has 1 amide bonds. The number of fused-ring (bicyclic) bond motifs is 3. The third-order valence-electron chi connectivity index (χ3n) is 7.69. The molecule has 6 rings (SSSR count). The van der Waals surface area contributed by atoms with Gasteiger partial charge in [-0.15, -0.1) is 11.3 Å². The van der Waals surface area contributed by atoms with E-state index in [0.29, 0.717) is 28.9 Å². The summed E-state index contributed by atoms with van der Waals surface area (Å²) in [6.07, 6.45) is 3.97. The number of nitrogens with zero attached hydrogens (tertiary/aromatic N) is 3. The van der Waals surface area contributed by atoms with Crippen LogP contribution in [0.2, 0.25) is 0 Å². The Balaban J connectivity index is 1.39. The van der Waals surface area contributed by atoms with Crippen LogP contribution in [-0.4, -0.2) is 51.8 Å². The Labute approximate surface area is 207 Å². The number of likely N-dealkylation sites (tertiary alicyclic amines) is 1. The van der Waals surface area contributed by atoms with Crippen molar-refractivity contribution in [2.24, 2.45) is 17.8 Å². The number of aliphatic hydroxyl groups is 1. The first-order chi connectivity index (χ1) is 17.1. The fourth-order valence-corrected chi connectivity index (χ4v) is 6.48. The van der Waals surface area contributed by atoms with Crippen LogP contribution in [0.4, 0.5) is 5.13 Å². The van der Waals surface area contributed by atoms with Crippen LogP contribution >= 0.6 is 11.3 Å². The van der Waals surface area contributed by atoms with Crippen molar-refractivity contribution >= 4 is 22.4 Å². The summed E-state index contributed by atoms with van der Waals surface area (Å²) < 4.78 is 7.34. The molecule has 9 heteroatoms. The van der Waals surface area contributed by atoms with Gasteiger partial charge in [-0.2, -0.15) is 0 Å². The lowest BCUT2D eigenvalue weighted by atomic mass is 9.88. The van der Waals surface area contributed by atoms with E-state index in [1.165, 1.54) is 11.3 Å². The maximum atomic E-state index is 13.7. The van der Waals surface area contributed by atoms with Crippen LogP contribution in [0.5, 0.6) is 5.75 Å². The number of carbonyl (C=O) groups excluding carboxylic acids is 1. The van der Waals surface area contributed by atoms with Gasteiger partial charge in [-0.25, -0.2) is 4.98 Å². The molecular weight excluding hydrogens is 464 g/mol. The summed E-state index contributed by atoms with van der Waals surface area (Å²) in [7, 11) is 1.60. The van der Waals surface area contributed by atoms with Gasteiger partial charge in [0.1, 0.15) is 5.75 Å². The van der Waals surface area contributed by atoms with Crippen LogP contribution in [0.25, 0.3) is 11.1 Å². The third-order valence-corrected chi connectivity index (χ3v) is 8.37. The second-order valence-corrected chi connectivity index (χ2v) is 10.5. The highest BCUT2D eigenvalue weighted by Crippen LogP contribution is 2.51. The maximum absolute atomic E-state index is 13.7. The lowest BCUT2D eigenvalue weighted by molar-refractivity contribution is -0.122. The minimum absolute atomic E-state index is 0.0218. The van der Waals surface area contributed by atoms with E-state index in [4.69, 9.17) is 4.74 Å². The number of aromatic nitrogens is 2. The summed E-state index contributed by atoms with van der Waals surface area (Å²) in [5, 5.41) is 15.8. The van der Waals surface area contributed by atoms with E-state index in [9.17, 15) is 14.7 Å². The topological polar surface area (TPSA) is 96.7 Å². The van der Waals surface area contributed by atoms with Gasteiger partial charge in [0.25, 0.3) is 5.56 Å². The number of pyridine rings is 1.